The molecule has 1 heterocycles. The first-order valence-corrected chi connectivity index (χ1v) is 9.52. The second kappa shape index (κ2) is 7.14. The molecule has 25 heavy (non-hydrogen) atoms. The second-order valence-electron chi connectivity index (χ2n) is 5.74. The molecule has 0 fully saturated rings. The van der Waals surface area contributed by atoms with Crippen LogP contribution in [0.5, 0.6) is 0 Å². The van der Waals surface area contributed by atoms with Crippen LogP contribution in [0, 0.1) is 12.7 Å². The van der Waals surface area contributed by atoms with Crippen LogP contribution in [0.3, 0.4) is 0 Å². The maximum Gasteiger partial charge on any atom is 0.178 e. The number of sulfone groups is 1. The van der Waals surface area contributed by atoms with Gasteiger partial charge in [0.15, 0.2) is 9.84 Å². The smallest absolute Gasteiger partial charge is 0.178 e. The van der Waals surface area contributed by atoms with Gasteiger partial charge < -0.3 is 0 Å². The summed E-state index contributed by atoms with van der Waals surface area (Å²) in [6, 6.07) is 14.5. The highest BCUT2D eigenvalue weighted by Gasteiger charge is 2.17. The summed E-state index contributed by atoms with van der Waals surface area (Å²) < 4.78 is 39.5. The van der Waals surface area contributed by atoms with E-state index in [0.29, 0.717) is 23.1 Å². The van der Waals surface area contributed by atoms with Gasteiger partial charge in [-0.25, -0.2) is 22.5 Å². The van der Waals surface area contributed by atoms with E-state index in [-0.39, 0.29) is 18.0 Å². The third-order valence-corrected chi connectivity index (χ3v) is 5.53. The van der Waals surface area contributed by atoms with Crippen molar-refractivity contribution in [2.24, 2.45) is 0 Å². The standard InChI is InChI=1S/C18H18FN3O2S/c1-14-20-18(11-12-25(23,24)17-5-3-2-4-6-17)22(21-14)13-15-7-9-16(19)10-8-15/h2-10H,11-13H2,1H3. The van der Waals surface area contributed by atoms with Crippen molar-refractivity contribution in [2.45, 2.75) is 24.8 Å². The highest BCUT2D eigenvalue weighted by Crippen LogP contribution is 2.13. The SMILES string of the molecule is Cc1nc(CCS(=O)(=O)c2ccccc2)n(Cc2ccc(F)cc2)n1. The Balaban J connectivity index is 1.76. The third-order valence-electron chi connectivity index (χ3n) is 3.80. The number of rotatable bonds is 6. The van der Waals surface area contributed by atoms with Crippen molar-refractivity contribution in [2.75, 3.05) is 5.75 Å². The lowest BCUT2D eigenvalue weighted by atomic mass is 10.2. The highest BCUT2D eigenvalue weighted by molar-refractivity contribution is 7.91. The highest BCUT2D eigenvalue weighted by atomic mass is 32.2. The molecule has 2 aromatic carbocycles. The summed E-state index contributed by atoms with van der Waals surface area (Å²) >= 11 is 0. The molecule has 0 bridgehead atoms. The lowest BCUT2D eigenvalue weighted by Gasteiger charge is -2.07. The fourth-order valence-electron chi connectivity index (χ4n) is 2.54. The zero-order valence-corrected chi connectivity index (χ0v) is 14.6. The molecule has 0 radical (unpaired) electrons. The van der Waals surface area contributed by atoms with Crippen molar-refractivity contribution in [3.05, 3.63) is 77.6 Å². The van der Waals surface area contributed by atoms with Crippen LogP contribution in [-0.2, 0) is 22.8 Å². The van der Waals surface area contributed by atoms with E-state index in [2.05, 4.69) is 10.1 Å². The van der Waals surface area contributed by atoms with Crippen LogP contribution in [-0.4, -0.2) is 28.9 Å². The molecule has 0 aliphatic rings. The van der Waals surface area contributed by atoms with Crippen molar-refractivity contribution in [1.82, 2.24) is 14.8 Å². The summed E-state index contributed by atoms with van der Waals surface area (Å²) in [6.45, 7) is 2.18. The average Bonchev–Trinajstić information content (AvgIpc) is 2.95. The van der Waals surface area contributed by atoms with E-state index in [1.54, 1.807) is 54.1 Å². The second-order valence-corrected chi connectivity index (χ2v) is 7.85. The lowest BCUT2D eigenvalue weighted by molar-refractivity contribution is 0.590. The molecule has 3 rings (SSSR count). The Morgan fingerprint density at radius 2 is 1.72 bits per heavy atom. The maximum absolute atomic E-state index is 13.0. The maximum atomic E-state index is 13.0. The predicted molar refractivity (Wildman–Crippen MR) is 92.5 cm³/mol. The average molecular weight is 359 g/mol. The first-order valence-electron chi connectivity index (χ1n) is 7.86. The molecule has 130 valence electrons. The fourth-order valence-corrected chi connectivity index (χ4v) is 3.80. The Bertz CT molecular complexity index is 952. The van der Waals surface area contributed by atoms with Crippen molar-refractivity contribution in [3.8, 4) is 0 Å². The van der Waals surface area contributed by atoms with Crippen molar-refractivity contribution in [3.63, 3.8) is 0 Å². The Morgan fingerprint density at radius 1 is 1.04 bits per heavy atom. The number of hydrogen-bond donors (Lipinski definition) is 0. The minimum absolute atomic E-state index is 0.0431. The van der Waals surface area contributed by atoms with Crippen LogP contribution in [0.15, 0.2) is 59.5 Å². The quantitative estimate of drug-likeness (QED) is 0.679. The van der Waals surface area contributed by atoms with E-state index in [4.69, 9.17) is 0 Å². The van der Waals surface area contributed by atoms with E-state index < -0.39 is 9.84 Å². The van der Waals surface area contributed by atoms with E-state index >= 15 is 0 Å². The predicted octanol–water partition coefficient (Wildman–Crippen LogP) is 2.79. The van der Waals surface area contributed by atoms with Gasteiger partial charge in [-0.05, 0) is 36.8 Å². The van der Waals surface area contributed by atoms with Crippen LogP contribution < -0.4 is 0 Å². The number of halogens is 1. The largest absolute Gasteiger partial charge is 0.245 e. The summed E-state index contributed by atoms with van der Waals surface area (Å²) in [7, 11) is -3.38. The van der Waals surface area contributed by atoms with Gasteiger partial charge in [0.25, 0.3) is 0 Å². The molecule has 0 saturated carbocycles. The molecule has 0 saturated heterocycles. The number of aromatic nitrogens is 3. The summed E-state index contributed by atoms with van der Waals surface area (Å²) in [5.74, 6) is 0.835. The Hall–Kier alpha value is -2.54. The molecule has 0 aliphatic heterocycles. The number of nitrogens with zero attached hydrogens (tertiary/aromatic N) is 3. The van der Waals surface area contributed by atoms with Gasteiger partial charge in [0.2, 0.25) is 0 Å². The first-order chi connectivity index (χ1) is 11.9. The van der Waals surface area contributed by atoms with Gasteiger partial charge in [-0.15, -0.1) is 0 Å². The lowest BCUT2D eigenvalue weighted by Crippen LogP contribution is -2.14. The van der Waals surface area contributed by atoms with Crippen molar-refractivity contribution >= 4 is 9.84 Å². The fraction of sp³-hybridized carbons (Fsp3) is 0.222. The summed E-state index contributed by atoms with van der Waals surface area (Å²) in [4.78, 5) is 4.64. The molecule has 0 spiro atoms. The van der Waals surface area contributed by atoms with Crippen LogP contribution in [0.25, 0.3) is 0 Å². The van der Waals surface area contributed by atoms with Crippen LogP contribution in [0.1, 0.15) is 17.2 Å². The molecule has 0 unspecified atom stereocenters. The minimum Gasteiger partial charge on any atom is -0.245 e. The molecule has 0 N–H and O–H groups in total. The minimum atomic E-state index is -3.38. The van der Waals surface area contributed by atoms with Crippen LogP contribution in [0.4, 0.5) is 4.39 Å². The van der Waals surface area contributed by atoms with Crippen molar-refractivity contribution in [1.29, 1.82) is 0 Å². The van der Waals surface area contributed by atoms with Crippen LogP contribution in [0.2, 0.25) is 0 Å². The van der Waals surface area contributed by atoms with Gasteiger partial charge in [0.05, 0.1) is 17.2 Å². The van der Waals surface area contributed by atoms with Gasteiger partial charge >= 0.3 is 0 Å². The Kier molecular flexibility index (Phi) is 4.94. The molecular formula is C18H18FN3O2S. The molecule has 1 aromatic heterocycles. The molecule has 0 atom stereocenters. The third kappa shape index (κ3) is 4.30. The van der Waals surface area contributed by atoms with Gasteiger partial charge in [-0.1, -0.05) is 30.3 Å². The van der Waals surface area contributed by atoms with Gasteiger partial charge in [-0.2, -0.15) is 5.10 Å². The van der Waals surface area contributed by atoms with E-state index in [9.17, 15) is 12.8 Å². The molecule has 5 nitrogen and oxygen atoms in total. The zero-order chi connectivity index (χ0) is 17.9. The van der Waals surface area contributed by atoms with Gasteiger partial charge in [0.1, 0.15) is 17.5 Å². The molecule has 0 aliphatic carbocycles. The number of benzene rings is 2. The summed E-state index contributed by atoms with van der Waals surface area (Å²) in [5, 5.41) is 4.32. The number of aryl methyl sites for hydroxylation is 2. The van der Waals surface area contributed by atoms with Gasteiger partial charge in [0, 0.05) is 6.42 Å². The molecule has 3 aromatic rings. The summed E-state index contributed by atoms with van der Waals surface area (Å²) in [6.07, 6.45) is 0.263. The van der Waals surface area contributed by atoms with Gasteiger partial charge in [-0.3, -0.25) is 0 Å². The van der Waals surface area contributed by atoms with E-state index in [1.807, 2.05) is 0 Å². The van der Waals surface area contributed by atoms with E-state index in [0.717, 1.165) is 5.56 Å². The van der Waals surface area contributed by atoms with Crippen molar-refractivity contribution < 1.29 is 12.8 Å². The number of hydrogen-bond acceptors (Lipinski definition) is 4. The Morgan fingerprint density at radius 3 is 2.40 bits per heavy atom. The first kappa shape index (κ1) is 17.3. The van der Waals surface area contributed by atoms with Crippen LogP contribution >= 0.6 is 0 Å². The van der Waals surface area contributed by atoms with E-state index in [1.165, 1.54) is 12.1 Å². The molecular weight excluding hydrogens is 341 g/mol. The Labute approximate surface area is 146 Å². The zero-order valence-electron chi connectivity index (χ0n) is 13.8. The summed E-state index contributed by atoms with van der Waals surface area (Å²) in [5.41, 5.74) is 0.874. The molecule has 0 amide bonds. The molecule has 7 heteroatoms. The normalized spacial score (nSPS) is 11.6. The topological polar surface area (TPSA) is 64.8 Å². The monoisotopic (exact) mass is 359 g/mol.